The van der Waals surface area contributed by atoms with E-state index in [-0.39, 0.29) is 0 Å². The second-order valence-corrected chi connectivity index (χ2v) is 4.63. The first-order valence-corrected chi connectivity index (χ1v) is 7.05. The Morgan fingerprint density at radius 3 is 2.18 bits per heavy atom. The highest BCUT2D eigenvalue weighted by atomic mass is 32.1. The van der Waals surface area contributed by atoms with Crippen molar-refractivity contribution in [1.82, 2.24) is 10.2 Å². The van der Waals surface area contributed by atoms with Gasteiger partial charge in [-0.05, 0) is 24.2 Å². The van der Waals surface area contributed by atoms with Gasteiger partial charge >= 0.3 is 0 Å². The number of hydrogen-bond acceptors (Lipinski definition) is 3. The topological polar surface area (TPSA) is 15.3 Å². The normalized spacial score (nSPS) is 11.1. The zero-order valence-electron chi connectivity index (χ0n) is 10.9. The molecule has 0 radical (unpaired) electrons. The molecule has 96 valence electrons. The van der Waals surface area contributed by atoms with E-state index in [1.165, 1.54) is 11.1 Å². The molecule has 17 heavy (non-hydrogen) atoms. The van der Waals surface area contributed by atoms with Crippen LogP contribution in [0.1, 0.15) is 25.0 Å². The molecule has 0 aromatic heterocycles. The summed E-state index contributed by atoms with van der Waals surface area (Å²) >= 11 is 4.17. The molecule has 0 saturated carbocycles. The van der Waals surface area contributed by atoms with Crippen LogP contribution in [0.2, 0.25) is 0 Å². The Hall–Kier alpha value is -0.510. The molecule has 0 aliphatic rings. The van der Waals surface area contributed by atoms with Crippen molar-refractivity contribution < 1.29 is 0 Å². The van der Waals surface area contributed by atoms with Gasteiger partial charge in [-0.15, -0.1) is 0 Å². The highest BCUT2D eigenvalue weighted by molar-refractivity contribution is 7.80. The lowest BCUT2D eigenvalue weighted by Crippen LogP contribution is -2.22. The van der Waals surface area contributed by atoms with Crippen molar-refractivity contribution in [2.75, 3.05) is 25.4 Å². The van der Waals surface area contributed by atoms with Gasteiger partial charge in [0.05, 0.1) is 0 Å². The Balaban J connectivity index is 2.44. The van der Waals surface area contributed by atoms with Crippen LogP contribution in [0.15, 0.2) is 24.3 Å². The summed E-state index contributed by atoms with van der Waals surface area (Å²) in [5, 5.41) is 3.35. The summed E-state index contributed by atoms with van der Waals surface area (Å²) in [6, 6.07) is 8.89. The fourth-order valence-corrected chi connectivity index (χ4v) is 1.94. The lowest BCUT2D eigenvalue weighted by atomic mass is 10.1. The van der Waals surface area contributed by atoms with Crippen LogP contribution in [0.5, 0.6) is 0 Å². The maximum atomic E-state index is 4.17. The van der Waals surface area contributed by atoms with Crippen molar-refractivity contribution in [2.45, 2.75) is 26.9 Å². The van der Waals surface area contributed by atoms with Crippen LogP contribution >= 0.6 is 12.6 Å². The largest absolute Gasteiger partial charge is 0.312 e. The van der Waals surface area contributed by atoms with Crippen LogP contribution in [0, 0.1) is 0 Å². The average Bonchev–Trinajstić information content (AvgIpc) is 2.38. The van der Waals surface area contributed by atoms with E-state index in [4.69, 9.17) is 0 Å². The summed E-state index contributed by atoms with van der Waals surface area (Å²) in [7, 11) is 0. The van der Waals surface area contributed by atoms with Gasteiger partial charge in [0.25, 0.3) is 0 Å². The fourth-order valence-electron chi connectivity index (χ4n) is 1.78. The van der Waals surface area contributed by atoms with Gasteiger partial charge in [-0.25, -0.2) is 0 Å². The first-order valence-electron chi connectivity index (χ1n) is 6.41. The van der Waals surface area contributed by atoms with E-state index in [9.17, 15) is 0 Å². The zero-order valence-corrected chi connectivity index (χ0v) is 11.8. The zero-order chi connectivity index (χ0) is 12.5. The van der Waals surface area contributed by atoms with Gasteiger partial charge in [-0.1, -0.05) is 38.1 Å². The predicted octanol–water partition coefficient (Wildman–Crippen LogP) is 2.55. The quantitative estimate of drug-likeness (QED) is 0.546. The van der Waals surface area contributed by atoms with Crippen LogP contribution in [0.25, 0.3) is 0 Å². The Bertz CT molecular complexity index is 294. The molecule has 0 atom stereocenters. The number of hydrogen-bond donors (Lipinski definition) is 2. The van der Waals surface area contributed by atoms with E-state index in [1.807, 2.05) is 0 Å². The molecule has 0 spiro atoms. The molecule has 0 aliphatic heterocycles. The summed E-state index contributed by atoms with van der Waals surface area (Å²) in [4.78, 5) is 2.42. The number of thiol groups is 1. The monoisotopic (exact) mass is 252 g/mol. The van der Waals surface area contributed by atoms with E-state index < -0.39 is 0 Å². The minimum absolute atomic E-state index is 0.889. The van der Waals surface area contributed by atoms with Crippen LogP contribution in [-0.2, 0) is 13.1 Å². The SMILES string of the molecule is CCN(CC)Cc1ccc(CNCCS)cc1. The number of benzene rings is 1. The van der Waals surface area contributed by atoms with E-state index in [1.54, 1.807) is 0 Å². The highest BCUT2D eigenvalue weighted by Gasteiger charge is 2.00. The molecule has 0 fully saturated rings. The molecule has 1 N–H and O–H groups in total. The Labute approximate surface area is 111 Å². The average molecular weight is 252 g/mol. The fraction of sp³-hybridized carbons (Fsp3) is 0.571. The van der Waals surface area contributed by atoms with Crippen molar-refractivity contribution in [2.24, 2.45) is 0 Å². The van der Waals surface area contributed by atoms with Gasteiger partial charge in [0.15, 0.2) is 0 Å². The smallest absolute Gasteiger partial charge is 0.0233 e. The Morgan fingerprint density at radius 2 is 1.65 bits per heavy atom. The number of nitrogens with zero attached hydrogens (tertiary/aromatic N) is 1. The lowest BCUT2D eigenvalue weighted by Gasteiger charge is -2.18. The van der Waals surface area contributed by atoms with E-state index in [0.717, 1.165) is 38.5 Å². The highest BCUT2D eigenvalue weighted by Crippen LogP contribution is 2.07. The van der Waals surface area contributed by atoms with Gasteiger partial charge < -0.3 is 5.32 Å². The maximum absolute atomic E-state index is 4.17. The molecule has 0 heterocycles. The molecule has 0 bridgehead atoms. The first kappa shape index (κ1) is 14.6. The molecule has 0 aliphatic carbocycles. The summed E-state index contributed by atoms with van der Waals surface area (Å²) in [6.07, 6.45) is 0. The van der Waals surface area contributed by atoms with Crippen LogP contribution in [0.3, 0.4) is 0 Å². The summed E-state index contributed by atoms with van der Waals surface area (Å²) < 4.78 is 0. The molecule has 1 rings (SSSR count). The summed E-state index contributed by atoms with van der Waals surface area (Å²) in [6.45, 7) is 9.59. The third-order valence-corrected chi connectivity index (χ3v) is 3.16. The number of rotatable bonds is 8. The van der Waals surface area contributed by atoms with Gasteiger partial charge in [0.2, 0.25) is 0 Å². The molecular formula is C14H24N2S. The minimum Gasteiger partial charge on any atom is -0.312 e. The Kier molecular flexibility index (Phi) is 7.33. The van der Waals surface area contributed by atoms with Crippen molar-refractivity contribution >= 4 is 12.6 Å². The first-order chi connectivity index (χ1) is 8.30. The third-order valence-electron chi connectivity index (χ3n) is 2.94. The molecule has 1 aromatic carbocycles. The molecule has 0 amide bonds. The molecule has 2 nitrogen and oxygen atoms in total. The number of nitrogens with one attached hydrogen (secondary N) is 1. The van der Waals surface area contributed by atoms with Gasteiger partial charge in [-0.3, -0.25) is 4.90 Å². The van der Waals surface area contributed by atoms with Gasteiger partial charge in [0, 0.05) is 25.4 Å². The van der Waals surface area contributed by atoms with Crippen LogP contribution in [-0.4, -0.2) is 30.3 Å². The van der Waals surface area contributed by atoms with Crippen molar-refractivity contribution in [3.05, 3.63) is 35.4 Å². The maximum Gasteiger partial charge on any atom is 0.0233 e. The summed E-state index contributed by atoms with van der Waals surface area (Å²) in [5.74, 6) is 0.889. The molecular weight excluding hydrogens is 228 g/mol. The van der Waals surface area contributed by atoms with Gasteiger partial charge in [-0.2, -0.15) is 12.6 Å². The van der Waals surface area contributed by atoms with Gasteiger partial charge in [0.1, 0.15) is 0 Å². The van der Waals surface area contributed by atoms with Crippen molar-refractivity contribution in [3.8, 4) is 0 Å². The molecule has 3 heteroatoms. The van der Waals surface area contributed by atoms with E-state index in [2.05, 4.69) is 61.0 Å². The second kappa shape index (κ2) is 8.56. The predicted molar refractivity (Wildman–Crippen MR) is 78.6 cm³/mol. The van der Waals surface area contributed by atoms with Crippen LogP contribution in [0.4, 0.5) is 0 Å². The third kappa shape index (κ3) is 5.57. The molecule has 1 aromatic rings. The molecule has 0 saturated heterocycles. The summed E-state index contributed by atoms with van der Waals surface area (Å²) in [5.41, 5.74) is 2.74. The van der Waals surface area contributed by atoms with E-state index >= 15 is 0 Å². The van der Waals surface area contributed by atoms with E-state index in [0.29, 0.717) is 0 Å². The minimum atomic E-state index is 0.889. The van der Waals surface area contributed by atoms with Crippen LogP contribution < -0.4 is 5.32 Å². The Morgan fingerprint density at radius 1 is 1.06 bits per heavy atom. The van der Waals surface area contributed by atoms with Crippen molar-refractivity contribution in [1.29, 1.82) is 0 Å². The van der Waals surface area contributed by atoms with Crippen molar-refractivity contribution in [3.63, 3.8) is 0 Å². The molecule has 0 unspecified atom stereocenters. The standard InChI is InChI=1S/C14H24N2S/c1-3-16(4-2)12-14-7-5-13(6-8-14)11-15-9-10-17/h5-8,15,17H,3-4,9-12H2,1-2H3. The lowest BCUT2D eigenvalue weighted by molar-refractivity contribution is 0.296. The second-order valence-electron chi connectivity index (χ2n) is 4.18.